The smallest absolute Gasteiger partial charge is 0.353 e. The molecule has 0 aliphatic heterocycles. The number of aryl methyl sites for hydroxylation is 1. The van der Waals surface area contributed by atoms with Gasteiger partial charge in [0.1, 0.15) is 11.4 Å². The number of nitrogens with one attached hydrogen (secondary N) is 1. The summed E-state index contributed by atoms with van der Waals surface area (Å²) in [6.07, 6.45) is 0. The number of phenolic OH excluding ortho intramolecular Hbond substituents is 1. The molecular weight excluding hydrogens is 244 g/mol. The zero-order valence-corrected chi connectivity index (χ0v) is 11.1. The lowest BCUT2D eigenvalue weighted by atomic mass is 9.92. The third kappa shape index (κ3) is 2.31. The normalized spacial score (nSPS) is 10.9. The fourth-order valence-electron chi connectivity index (χ4n) is 2.02. The van der Waals surface area contributed by atoms with E-state index in [1.807, 2.05) is 26.0 Å². The van der Waals surface area contributed by atoms with E-state index in [1.54, 1.807) is 6.92 Å². The predicted octanol–water partition coefficient (Wildman–Crippen LogP) is 2.91. The molecule has 1 aromatic carbocycles. The Morgan fingerprint density at radius 2 is 2.05 bits per heavy atom. The summed E-state index contributed by atoms with van der Waals surface area (Å²) in [7, 11) is 0. The van der Waals surface area contributed by atoms with Gasteiger partial charge in [-0.2, -0.15) is 5.10 Å². The molecule has 0 fully saturated rings. The maximum atomic E-state index is 10.9. The molecule has 0 spiro atoms. The fraction of sp³-hybridized carbons (Fsp3) is 0.286. The van der Waals surface area contributed by atoms with Crippen LogP contribution in [0, 0.1) is 6.92 Å². The van der Waals surface area contributed by atoms with Crippen LogP contribution in [-0.4, -0.2) is 26.4 Å². The molecule has 0 amide bonds. The van der Waals surface area contributed by atoms with E-state index >= 15 is 0 Å². The molecule has 100 valence electrons. The number of carboxylic acids is 1. The van der Waals surface area contributed by atoms with Gasteiger partial charge in [0.05, 0.1) is 5.69 Å². The van der Waals surface area contributed by atoms with Crippen LogP contribution >= 0.6 is 0 Å². The number of hydrogen-bond donors (Lipinski definition) is 3. The number of aromatic amines is 1. The van der Waals surface area contributed by atoms with Crippen LogP contribution in [0.3, 0.4) is 0 Å². The van der Waals surface area contributed by atoms with Crippen LogP contribution in [-0.2, 0) is 0 Å². The van der Waals surface area contributed by atoms with Gasteiger partial charge in [-0.1, -0.05) is 26.0 Å². The van der Waals surface area contributed by atoms with Gasteiger partial charge in [-0.25, -0.2) is 4.79 Å². The maximum absolute atomic E-state index is 10.9. The molecule has 3 N–H and O–H groups in total. The van der Waals surface area contributed by atoms with E-state index in [9.17, 15) is 9.90 Å². The molecule has 0 aliphatic carbocycles. The van der Waals surface area contributed by atoms with E-state index in [4.69, 9.17) is 5.11 Å². The molecule has 5 heteroatoms. The zero-order valence-electron chi connectivity index (χ0n) is 11.1. The van der Waals surface area contributed by atoms with Crippen molar-refractivity contribution in [2.75, 3.05) is 0 Å². The van der Waals surface area contributed by atoms with E-state index in [0.29, 0.717) is 11.3 Å². The van der Waals surface area contributed by atoms with Crippen molar-refractivity contribution in [3.05, 3.63) is 35.0 Å². The Kier molecular flexibility index (Phi) is 3.29. The summed E-state index contributed by atoms with van der Waals surface area (Å²) in [6.45, 7) is 5.82. The van der Waals surface area contributed by atoms with Gasteiger partial charge in [0.2, 0.25) is 0 Å². The van der Waals surface area contributed by atoms with Crippen LogP contribution in [0.5, 0.6) is 5.75 Å². The number of aromatic carboxylic acids is 1. The first kappa shape index (κ1) is 13.1. The second kappa shape index (κ2) is 4.76. The summed E-state index contributed by atoms with van der Waals surface area (Å²) in [5.74, 6) is -0.724. The monoisotopic (exact) mass is 260 g/mol. The van der Waals surface area contributed by atoms with E-state index < -0.39 is 5.97 Å². The fourth-order valence-corrected chi connectivity index (χ4v) is 2.02. The first-order valence-corrected chi connectivity index (χ1v) is 6.03. The van der Waals surface area contributed by atoms with Gasteiger partial charge in [0.25, 0.3) is 0 Å². The topological polar surface area (TPSA) is 86.2 Å². The molecule has 19 heavy (non-hydrogen) atoms. The lowest BCUT2D eigenvalue weighted by Crippen LogP contribution is -1.95. The molecule has 0 aliphatic rings. The standard InChI is InChI=1S/C14H16N2O3/c1-7(2)9-5-4-8(3)13(17)12(9)10-6-11(14(18)19)16-15-10/h4-7,17H,1-3H3,(H,15,16)(H,18,19). The summed E-state index contributed by atoms with van der Waals surface area (Å²) in [5, 5.41) is 25.6. The van der Waals surface area contributed by atoms with Crippen molar-refractivity contribution in [1.82, 2.24) is 10.2 Å². The van der Waals surface area contributed by atoms with Gasteiger partial charge >= 0.3 is 5.97 Å². The largest absolute Gasteiger partial charge is 0.507 e. The second-order valence-electron chi connectivity index (χ2n) is 4.82. The first-order valence-electron chi connectivity index (χ1n) is 6.03. The van der Waals surface area contributed by atoms with Crippen LogP contribution in [0.25, 0.3) is 11.3 Å². The number of benzene rings is 1. The molecule has 2 rings (SSSR count). The molecular formula is C14H16N2O3. The highest BCUT2D eigenvalue weighted by Gasteiger charge is 2.18. The average molecular weight is 260 g/mol. The Morgan fingerprint density at radius 1 is 1.37 bits per heavy atom. The molecule has 0 saturated carbocycles. The van der Waals surface area contributed by atoms with Crippen molar-refractivity contribution < 1.29 is 15.0 Å². The molecule has 0 bridgehead atoms. The number of aromatic hydroxyl groups is 1. The number of carbonyl (C=O) groups is 1. The molecule has 1 aromatic heterocycles. The van der Waals surface area contributed by atoms with Gasteiger partial charge < -0.3 is 10.2 Å². The Hall–Kier alpha value is -2.30. The third-order valence-corrected chi connectivity index (χ3v) is 3.10. The van der Waals surface area contributed by atoms with Gasteiger partial charge in [-0.05, 0) is 30.0 Å². The predicted molar refractivity (Wildman–Crippen MR) is 71.5 cm³/mol. The minimum Gasteiger partial charge on any atom is -0.507 e. The lowest BCUT2D eigenvalue weighted by Gasteiger charge is -2.14. The van der Waals surface area contributed by atoms with E-state index in [1.165, 1.54) is 6.07 Å². The highest BCUT2D eigenvalue weighted by Crippen LogP contribution is 2.37. The minimum atomic E-state index is -1.07. The number of H-pyrrole nitrogens is 1. The summed E-state index contributed by atoms with van der Waals surface area (Å²) in [5.41, 5.74) is 2.72. The Morgan fingerprint density at radius 3 is 2.58 bits per heavy atom. The van der Waals surface area contributed by atoms with Crippen LogP contribution < -0.4 is 0 Å². The Labute approximate surface area is 110 Å². The number of rotatable bonds is 3. The Balaban J connectivity index is 2.65. The molecule has 5 nitrogen and oxygen atoms in total. The van der Waals surface area contributed by atoms with Gasteiger partial charge in [-0.3, -0.25) is 5.10 Å². The molecule has 0 saturated heterocycles. The minimum absolute atomic E-state index is 0.00520. The molecule has 0 radical (unpaired) electrons. The summed E-state index contributed by atoms with van der Waals surface area (Å²) in [4.78, 5) is 10.9. The van der Waals surface area contributed by atoms with Gasteiger partial charge in [-0.15, -0.1) is 0 Å². The molecule has 0 atom stereocenters. The summed E-state index contributed by atoms with van der Waals surface area (Å²) < 4.78 is 0. The quantitative estimate of drug-likeness (QED) is 0.792. The number of phenols is 1. The SMILES string of the molecule is Cc1ccc(C(C)C)c(-c2cc(C(=O)O)[nH]n2)c1O. The maximum Gasteiger partial charge on any atom is 0.353 e. The highest BCUT2D eigenvalue weighted by atomic mass is 16.4. The van der Waals surface area contributed by atoms with E-state index in [0.717, 1.165) is 11.1 Å². The van der Waals surface area contributed by atoms with Crippen molar-refractivity contribution in [2.24, 2.45) is 0 Å². The van der Waals surface area contributed by atoms with Crippen LogP contribution in [0.1, 0.15) is 41.4 Å². The van der Waals surface area contributed by atoms with Crippen molar-refractivity contribution in [3.63, 3.8) is 0 Å². The van der Waals surface area contributed by atoms with Gasteiger partial charge in [0.15, 0.2) is 0 Å². The number of hydrogen-bond acceptors (Lipinski definition) is 3. The van der Waals surface area contributed by atoms with E-state index in [2.05, 4.69) is 10.2 Å². The summed E-state index contributed by atoms with van der Waals surface area (Å²) in [6, 6.07) is 5.21. The second-order valence-corrected chi connectivity index (χ2v) is 4.82. The Bertz CT molecular complexity index is 630. The van der Waals surface area contributed by atoms with Crippen molar-refractivity contribution in [3.8, 4) is 17.0 Å². The zero-order chi connectivity index (χ0) is 14.2. The first-order chi connectivity index (χ1) is 8.91. The van der Waals surface area contributed by atoms with Crippen LogP contribution in [0.4, 0.5) is 0 Å². The van der Waals surface area contributed by atoms with Crippen LogP contribution in [0.15, 0.2) is 18.2 Å². The van der Waals surface area contributed by atoms with Gasteiger partial charge in [0, 0.05) is 5.56 Å². The number of aromatic nitrogens is 2. The molecule has 1 heterocycles. The van der Waals surface area contributed by atoms with Crippen molar-refractivity contribution in [1.29, 1.82) is 0 Å². The third-order valence-electron chi connectivity index (χ3n) is 3.10. The number of carboxylic acid groups (broad SMARTS) is 1. The highest BCUT2D eigenvalue weighted by molar-refractivity contribution is 5.87. The summed E-state index contributed by atoms with van der Waals surface area (Å²) >= 11 is 0. The van der Waals surface area contributed by atoms with E-state index in [-0.39, 0.29) is 17.4 Å². The lowest BCUT2D eigenvalue weighted by molar-refractivity contribution is 0.0690. The average Bonchev–Trinajstić information content (AvgIpc) is 2.81. The number of nitrogens with zero attached hydrogens (tertiary/aromatic N) is 1. The van der Waals surface area contributed by atoms with Crippen molar-refractivity contribution >= 4 is 5.97 Å². The van der Waals surface area contributed by atoms with Crippen LogP contribution in [0.2, 0.25) is 0 Å². The molecule has 0 unspecified atom stereocenters. The van der Waals surface area contributed by atoms with Crippen molar-refractivity contribution in [2.45, 2.75) is 26.7 Å². The molecule has 2 aromatic rings.